The number of carbonyl (C=O) groups excluding carboxylic acids is 1. The zero-order valence-corrected chi connectivity index (χ0v) is 21.0. The van der Waals surface area contributed by atoms with Crippen molar-refractivity contribution < 1.29 is 9.53 Å². The second-order valence-corrected chi connectivity index (χ2v) is 10.4. The Morgan fingerprint density at radius 1 is 1.00 bits per heavy atom. The first-order chi connectivity index (χ1) is 18.2. The number of ether oxygens (including phenoxy) is 1. The molecule has 1 amide bonds. The first kappa shape index (κ1) is 22.2. The number of hydrogen-bond acceptors (Lipinski definition) is 3. The van der Waals surface area contributed by atoms with E-state index in [2.05, 4.69) is 69.0 Å². The lowest BCUT2D eigenvalue weighted by Gasteiger charge is -2.18. The molecular formula is C31H30N4O2. The number of carbonyl (C=O) groups is 1. The normalized spacial score (nSPS) is 17.6. The third kappa shape index (κ3) is 3.97. The quantitative estimate of drug-likeness (QED) is 0.312. The van der Waals surface area contributed by atoms with Crippen molar-refractivity contribution >= 4 is 27.8 Å². The highest BCUT2D eigenvalue weighted by molar-refractivity contribution is 5.87. The summed E-state index contributed by atoms with van der Waals surface area (Å²) in [7, 11) is 1.70. The van der Waals surface area contributed by atoms with Crippen LogP contribution in [0.1, 0.15) is 19.3 Å². The minimum atomic E-state index is 0.281. The van der Waals surface area contributed by atoms with Crippen LogP contribution in [0.2, 0.25) is 0 Å². The van der Waals surface area contributed by atoms with Gasteiger partial charge in [-0.1, -0.05) is 42.5 Å². The molecular weight excluding hydrogens is 460 g/mol. The van der Waals surface area contributed by atoms with Crippen LogP contribution in [0.25, 0.3) is 44.5 Å². The van der Waals surface area contributed by atoms with Crippen LogP contribution in [0.3, 0.4) is 0 Å². The fourth-order valence-corrected chi connectivity index (χ4v) is 5.76. The van der Waals surface area contributed by atoms with Crippen LogP contribution in [-0.2, 0) is 11.3 Å². The van der Waals surface area contributed by atoms with Gasteiger partial charge in [0.2, 0.25) is 5.91 Å². The number of imidazole rings is 1. The van der Waals surface area contributed by atoms with Gasteiger partial charge in [-0.25, -0.2) is 4.98 Å². The van der Waals surface area contributed by atoms with Crippen LogP contribution in [-0.4, -0.2) is 45.5 Å². The molecule has 2 aliphatic rings. The first-order valence-electron chi connectivity index (χ1n) is 13.2. The van der Waals surface area contributed by atoms with E-state index in [9.17, 15) is 4.79 Å². The lowest BCUT2D eigenvalue weighted by atomic mass is 10.0. The first-order valence-corrected chi connectivity index (χ1v) is 13.2. The molecule has 1 aliphatic carbocycles. The van der Waals surface area contributed by atoms with Gasteiger partial charge in [0.15, 0.2) is 0 Å². The number of para-hydroxylation sites is 1. The zero-order chi connectivity index (χ0) is 24.9. The van der Waals surface area contributed by atoms with E-state index in [1.807, 2.05) is 18.3 Å². The standard InChI is InChI=1S/C31H30N4O2/c1-37-28-4-2-3-27-29(28)33-30(35(27)19-20-14-16-34(18-20)31(36)24-10-11-24)23-8-5-21(6-9-23)25-12-7-22-13-15-32-26(22)17-25/h2-9,12-13,15,17,20,24,32H,10-11,14,16,18-19H2,1H3/t20-/m1/s1. The number of aromatic amines is 1. The Balaban J connectivity index is 1.23. The number of amides is 1. The second-order valence-electron chi connectivity index (χ2n) is 10.4. The van der Waals surface area contributed by atoms with E-state index in [-0.39, 0.29) is 5.92 Å². The van der Waals surface area contributed by atoms with Crippen LogP contribution in [0.5, 0.6) is 5.75 Å². The van der Waals surface area contributed by atoms with Crippen molar-refractivity contribution in [3.05, 3.63) is 72.9 Å². The van der Waals surface area contributed by atoms with E-state index in [4.69, 9.17) is 9.72 Å². The van der Waals surface area contributed by atoms with Crippen molar-refractivity contribution in [2.24, 2.45) is 11.8 Å². The van der Waals surface area contributed by atoms with Gasteiger partial charge in [-0.3, -0.25) is 4.79 Å². The number of fused-ring (bicyclic) bond motifs is 2. The topological polar surface area (TPSA) is 63.1 Å². The Bertz CT molecular complexity index is 1610. The van der Waals surface area contributed by atoms with Crippen LogP contribution >= 0.6 is 0 Å². The Hall–Kier alpha value is -4.06. The summed E-state index contributed by atoms with van der Waals surface area (Å²) >= 11 is 0. The molecule has 1 aliphatic heterocycles. The minimum Gasteiger partial charge on any atom is -0.494 e. The summed E-state index contributed by atoms with van der Waals surface area (Å²) in [4.78, 5) is 23.1. The van der Waals surface area contributed by atoms with Gasteiger partial charge in [0.1, 0.15) is 17.1 Å². The van der Waals surface area contributed by atoms with Crippen molar-refractivity contribution in [2.75, 3.05) is 20.2 Å². The number of likely N-dealkylation sites (tertiary alicyclic amines) is 1. The molecule has 2 aromatic heterocycles. The number of benzene rings is 3. The van der Waals surface area contributed by atoms with Crippen LogP contribution in [0, 0.1) is 11.8 Å². The zero-order valence-electron chi connectivity index (χ0n) is 21.0. The summed E-state index contributed by atoms with van der Waals surface area (Å²) in [5.74, 6) is 2.77. The molecule has 1 saturated heterocycles. The van der Waals surface area contributed by atoms with Crippen LogP contribution in [0.15, 0.2) is 72.9 Å². The van der Waals surface area contributed by atoms with E-state index in [0.717, 1.165) is 72.6 Å². The van der Waals surface area contributed by atoms with E-state index < -0.39 is 0 Å². The van der Waals surface area contributed by atoms with Gasteiger partial charge in [0.05, 0.1) is 12.6 Å². The van der Waals surface area contributed by atoms with Gasteiger partial charge < -0.3 is 19.2 Å². The molecule has 0 unspecified atom stereocenters. The van der Waals surface area contributed by atoms with Crippen molar-refractivity contribution in [2.45, 2.75) is 25.8 Å². The van der Waals surface area contributed by atoms with E-state index in [1.165, 1.54) is 16.5 Å². The van der Waals surface area contributed by atoms with Crippen molar-refractivity contribution in [1.82, 2.24) is 19.4 Å². The van der Waals surface area contributed by atoms with E-state index in [1.54, 1.807) is 7.11 Å². The van der Waals surface area contributed by atoms with Crippen LogP contribution < -0.4 is 4.74 Å². The lowest BCUT2D eigenvalue weighted by Crippen LogP contribution is -2.30. The summed E-state index contributed by atoms with van der Waals surface area (Å²) in [5, 5.41) is 1.22. The van der Waals surface area contributed by atoms with Crippen molar-refractivity contribution in [3.63, 3.8) is 0 Å². The Labute approximate surface area is 215 Å². The fourth-order valence-electron chi connectivity index (χ4n) is 5.76. The maximum absolute atomic E-state index is 12.6. The maximum Gasteiger partial charge on any atom is 0.225 e. The molecule has 2 fully saturated rings. The van der Waals surface area contributed by atoms with Crippen LogP contribution in [0.4, 0.5) is 0 Å². The van der Waals surface area contributed by atoms with E-state index >= 15 is 0 Å². The van der Waals surface area contributed by atoms with Gasteiger partial charge in [0, 0.05) is 42.8 Å². The third-order valence-corrected chi connectivity index (χ3v) is 7.96. The van der Waals surface area contributed by atoms with Gasteiger partial charge in [-0.15, -0.1) is 0 Å². The summed E-state index contributed by atoms with van der Waals surface area (Å²) in [5.41, 5.74) is 6.52. The molecule has 0 spiro atoms. The average Bonchev–Trinajstić information content (AvgIpc) is 3.32. The maximum atomic E-state index is 12.6. The molecule has 6 nitrogen and oxygen atoms in total. The molecule has 6 heteroatoms. The highest BCUT2D eigenvalue weighted by atomic mass is 16.5. The monoisotopic (exact) mass is 490 g/mol. The highest BCUT2D eigenvalue weighted by Crippen LogP contribution is 2.36. The molecule has 3 heterocycles. The average molecular weight is 491 g/mol. The number of methoxy groups -OCH3 is 1. The molecule has 37 heavy (non-hydrogen) atoms. The highest BCUT2D eigenvalue weighted by Gasteiger charge is 2.36. The summed E-state index contributed by atoms with van der Waals surface area (Å²) in [6.45, 7) is 2.53. The minimum absolute atomic E-state index is 0.281. The predicted molar refractivity (Wildman–Crippen MR) is 146 cm³/mol. The number of rotatable bonds is 6. The van der Waals surface area contributed by atoms with Gasteiger partial charge >= 0.3 is 0 Å². The molecule has 3 aromatic carbocycles. The van der Waals surface area contributed by atoms with Gasteiger partial charge in [-0.2, -0.15) is 0 Å². The summed E-state index contributed by atoms with van der Waals surface area (Å²) < 4.78 is 7.98. The number of nitrogens with zero attached hydrogens (tertiary/aromatic N) is 3. The molecule has 0 bridgehead atoms. The SMILES string of the molecule is COc1cccc2c1nc(-c1ccc(-c3ccc4cc[nH]c4c3)cc1)n2C[C@@H]1CCN(C(=O)C2CC2)C1. The van der Waals surface area contributed by atoms with Crippen molar-refractivity contribution in [1.29, 1.82) is 0 Å². The molecule has 186 valence electrons. The number of hydrogen-bond donors (Lipinski definition) is 1. The molecule has 0 radical (unpaired) electrons. The smallest absolute Gasteiger partial charge is 0.225 e. The fraction of sp³-hybridized carbons (Fsp3) is 0.290. The molecule has 1 saturated carbocycles. The van der Waals surface area contributed by atoms with E-state index in [0.29, 0.717) is 11.8 Å². The number of aromatic nitrogens is 3. The molecule has 1 atom stereocenters. The molecule has 5 aromatic rings. The van der Waals surface area contributed by atoms with Crippen molar-refractivity contribution in [3.8, 4) is 28.3 Å². The molecule has 1 N–H and O–H groups in total. The number of H-pyrrole nitrogens is 1. The largest absolute Gasteiger partial charge is 0.494 e. The Morgan fingerprint density at radius 3 is 2.62 bits per heavy atom. The third-order valence-electron chi connectivity index (χ3n) is 7.96. The van der Waals surface area contributed by atoms with Gasteiger partial charge in [0.25, 0.3) is 0 Å². The number of nitrogens with one attached hydrogen (secondary N) is 1. The second kappa shape index (κ2) is 8.80. The lowest BCUT2D eigenvalue weighted by molar-refractivity contribution is -0.131. The van der Waals surface area contributed by atoms with Gasteiger partial charge in [-0.05, 0) is 66.0 Å². The summed E-state index contributed by atoms with van der Waals surface area (Å²) in [6, 6.07) is 23.4. The Kier molecular flexibility index (Phi) is 5.27. The molecule has 7 rings (SSSR count). The Morgan fingerprint density at radius 2 is 1.81 bits per heavy atom. The summed E-state index contributed by atoms with van der Waals surface area (Å²) in [6.07, 6.45) is 5.12. The predicted octanol–water partition coefficient (Wildman–Crippen LogP) is 6.12.